The van der Waals surface area contributed by atoms with Crippen molar-refractivity contribution in [2.24, 2.45) is 5.11 Å². The molecule has 1 aromatic heterocycles. The molecule has 0 bridgehead atoms. The quantitative estimate of drug-likeness (QED) is 0.184. The van der Waals surface area contributed by atoms with E-state index in [2.05, 4.69) is 15.0 Å². The number of hydrogen-bond donors (Lipinski definition) is 0. The molecule has 0 aliphatic carbocycles. The minimum absolute atomic E-state index is 0.198. The van der Waals surface area contributed by atoms with Crippen molar-refractivity contribution in [1.82, 2.24) is 4.98 Å². The molecular weight excluding hydrogens is 274 g/mol. The number of pyridine rings is 1. The Kier molecular flexibility index (Phi) is 5.95. The van der Waals surface area contributed by atoms with E-state index in [-0.39, 0.29) is 10.2 Å². The average Bonchev–Trinajstić information content (AvgIpc) is 2.09. The van der Waals surface area contributed by atoms with Crippen molar-refractivity contribution in [1.29, 1.82) is 0 Å². The first-order valence-corrected chi connectivity index (χ1v) is 4.23. The van der Waals surface area contributed by atoms with Crippen LogP contribution < -0.4 is 0 Å². The van der Waals surface area contributed by atoms with Crippen molar-refractivity contribution >= 4 is 36.1 Å². The molecule has 0 saturated heterocycles. The van der Waals surface area contributed by atoms with Gasteiger partial charge in [-0.15, -0.1) is 0 Å². The number of aromatic nitrogens is 1. The van der Waals surface area contributed by atoms with Crippen LogP contribution in [0.1, 0.15) is 0 Å². The Morgan fingerprint density at radius 3 is 2.19 bits per heavy atom. The molecule has 0 saturated carbocycles. The highest BCUT2D eigenvalue weighted by molar-refractivity contribution is 6.50. The third-order valence-electron chi connectivity index (χ3n) is 0.942. The minimum atomic E-state index is -6.00. The normalized spacial score (nSPS) is 9.88. The summed E-state index contributed by atoms with van der Waals surface area (Å²) in [6.07, 6.45) is 1.34. The van der Waals surface area contributed by atoms with Crippen molar-refractivity contribution in [3.8, 4) is 0 Å². The lowest BCUT2D eigenvalue weighted by Gasteiger charge is -1.94. The lowest BCUT2D eigenvalue weighted by molar-refractivity contribution is 0.368. The maximum atomic E-state index is 9.75. The lowest BCUT2D eigenvalue weighted by atomic mass is 10.3. The Morgan fingerprint density at radius 1 is 1.31 bits per heavy atom. The van der Waals surface area contributed by atoms with Gasteiger partial charge in [-0.25, -0.2) is 4.98 Å². The van der Waals surface area contributed by atoms with Gasteiger partial charge in [0.05, 0.1) is 10.7 Å². The van der Waals surface area contributed by atoms with Crippen LogP contribution in [-0.4, -0.2) is 12.2 Å². The van der Waals surface area contributed by atoms with E-state index in [1.165, 1.54) is 12.3 Å². The molecule has 0 spiro atoms. The van der Waals surface area contributed by atoms with E-state index in [0.29, 0.717) is 5.69 Å². The zero-order valence-corrected chi connectivity index (χ0v) is 8.80. The first-order valence-electron chi connectivity index (χ1n) is 3.47. The van der Waals surface area contributed by atoms with E-state index >= 15 is 0 Å². The first kappa shape index (κ1) is 14.8. The van der Waals surface area contributed by atoms with E-state index < -0.39 is 7.25 Å². The molecule has 1 rings (SSSR count). The zero-order chi connectivity index (χ0) is 12.8. The van der Waals surface area contributed by atoms with Gasteiger partial charge < -0.3 is 17.3 Å². The molecule has 1 aromatic rings. The summed E-state index contributed by atoms with van der Waals surface area (Å²) in [6.45, 7) is 0. The van der Waals surface area contributed by atoms with Gasteiger partial charge in [0.25, 0.3) is 0 Å². The smallest absolute Gasteiger partial charge is 0.418 e. The Morgan fingerprint density at radius 2 is 1.81 bits per heavy atom. The van der Waals surface area contributed by atoms with Crippen molar-refractivity contribution in [3.63, 3.8) is 0 Å². The highest BCUT2D eigenvalue weighted by Crippen LogP contribution is 2.23. The van der Waals surface area contributed by atoms with Crippen LogP contribution in [0.3, 0.4) is 0 Å². The molecule has 0 aliphatic heterocycles. The SMILES string of the molecule is F[B-](F)(F)F.[N-]=[N+]=Nc1cnc(Cl)c(Cl)c1. The fourth-order valence-corrected chi connectivity index (χ4v) is 0.781. The standard InChI is InChI=1S/C5H2Cl2N4.BF4/c6-4-1-3(10-11-8)2-9-5(4)7;2-1(3,4)5/h1-2H;/q;-1. The van der Waals surface area contributed by atoms with Gasteiger partial charge in [-0.1, -0.05) is 28.3 Å². The van der Waals surface area contributed by atoms with Crippen molar-refractivity contribution in [2.45, 2.75) is 0 Å². The first-order chi connectivity index (χ1) is 7.24. The molecule has 0 fully saturated rings. The van der Waals surface area contributed by atoms with Crippen molar-refractivity contribution in [2.75, 3.05) is 0 Å². The van der Waals surface area contributed by atoms with Gasteiger partial charge in [-0.2, -0.15) is 0 Å². The second kappa shape index (κ2) is 6.42. The van der Waals surface area contributed by atoms with Crippen LogP contribution in [0.2, 0.25) is 10.2 Å². The summed E-state index contributed by atoms with van der Waals surface area (Å²) < 4.78 is 39.0. The molecule has 0 radical (unpaired) electrons. The van der Waals surface area contributed by atoms with E-state index in [0.717, 1.165) is 0 Å². The second-order valence-corrected chi connectivity index (χ2v) is 2.92. The largest absolute Gasteiger partial charge is 0.673 e. The highest BCUT2D eigenvalue weighted by atomic mass is 35.5. The number of halogens is 6. The summed E-state index contributed by atoms with van der Waals surface area (Å²) >= 11 is 11.1. The molecule has 11 heteroatoms. The molecule has 4 nitrogen and oxygen atoms in total. The van der Waals surface area contributed by atoms with Crippen LogP contribution in [0, 0.1) is 0 Å². The van der Waals surface area contributed by atoms with Crippen LogP contribution in [0.4, 0.5) is 23.0 Å². The monoisotopic (exact) mass is 275 g/mol. The summed E-state index contributed by atoms with van der Waals surface area (Å²) in [5, 5.41) is 3.76. The van der Waals surface area contributed by atoms with Gasteiger partial charge in [0.1, 0.15) is 5.15 Å². The van der Waals surface area contributed by atoms with E-state index in [9.17, 15) is 17.3 Å². The van der Waals surface area contributed by atoms with E-state index in [4.69, 9.17) is 28.7 Å². The summed E-state index contributed by atoms with van der Waals surface area (Å²) in [5.74, 6) is 0. The molecule has 0 N–H and O–H groups in total. The van der Waals surface area contributed by atoms with Crippen LogP contribution in [0.5, 0.6) is 0 Å². The molecule has 0 aromatic carbocycles. The maximum absolute atomic E-state index is 9.75. The van der Waals surface area contributed by atoms with Crippen LogP contribution >= 0.6 is 23.2 Å². The predicted octanol–water partition coefficient (Wildman–Crippen LogP) is 4.63. The number of azide groups is 1. The number of rotatable bonds is 1. The third kappa shape index (κ3) is 8.16. The van der Waals surface area contributed by atoms with Crippen molar-refractivity contribution < 1.29 is 17.3 Å². The molecule has 16 heavy (non-hydrogen) atoms. The fraction of sp³-hybridized carbons (Fsp3) is 0. The maximum Gasteiger partial charge on any atom is 0.673 e. The lowest BCUT2D eigenvalue weighted by Crippen LogP contribution is -2.02. The summed E-state index contributed by atoms with van der Waals surface area (Å²) in [5.41, 5.74) is 8.38. The highest BCUT2D eigenvalue weighted by Gasteiger charge is 2.20. The summed E-state index contributed by atoms with van der Waals surface area (Å²) in [6, 6.07) is 1.44. The van der Waals surface area contributed by atoms with E-state index in [1.807, 2.05) is 0 Å². The van der Waals surface area contributed by atoms with E-state index in [1.54, 1.807) is 0 Å². The average molecular weight is 276 g/mol. The van der Waals surface area contributed by atoms with Gasteiger partial charge >= 0.3 is 7.25 Å². The van der Waals surface area contributed by atoms with Crippen molar-refractivity contribution in [3.05, 3.63) is 32.9 Å². The van der Waals surface area contributed by atoms with Crippen LogP contribution in [-0.2, 0) is 0 Å². The Bertz CT molecular complexity index is 400. The molecule has 88 valence electrons. The number of hydrogen-bond acceptors (Lipinski definition) is 2. The molecule has 1 heterocycles. The predicted molar refractivity (Wildman–Crippen MR) is 53.2 cm³/mol. The summed E-state index contributed by atoms with van der Waals surface area (Å²) in [4.78, 5) is 6.23. The van der Waals surface area contributed by atoms with Gasteiger partial charge in [-0.3, -0.25) is 0 Å². The molecule has 0 atom stereocenters. The fourth-order valence-electron chi connectivity index (χ4n) is 0.517. The van der Waals surface area contributed by atoms with Gasteiger partial charge in [0.2, 0.25) is 0 Å². The molecular formula is C5H2BCl2F4N4-. The van der Waals surface area contributed by atoms with Gasteiger partial charge in [0.15, 0.2) is 0 Å². The van der Waals surface area contributed by atoms with Crippen LogP contribution in [0.25, 0.3) is 10.4 Å². The minimum Gasteiger partial charge on any atom is -0.418 e. The topological polar surface area (TPSA) is 61.7 Å². The van der Waals surface area contributed by atoms with Gasteiger partial charge in [0, 0.05) is 11.1 Å². The molecule has 0 aliphatic rings. The Labute approximate surface area is 96.9 Å². The van der Waals surface area contributed by atoms with Crippen LogP contribution in [0.15, 0.2) is 17.4 Å². The second-order valence-electron chi connectivity index (χ2n) is 2.15. The third-order valence-corrected chi connectivity index (χ3v) is 1.63. The molecule has 0 amide bonds. The molecule has 0 unspecified atom stereocenters. The number of nitrogens with zero attached hydrogens (tertiary/aromatic N) is 4. The Hall–Kier alpha value is -1.18. The van der Waals surface area contributed by atoms with Gasteiger partial charge in [-0.05, 0) is 11.6 Å². The Balaban J connectivity index is 0.000000385. The zero-order valence-electron chi connectivity index (χ0n) is 7.29. The summed E-state index contributed by atoms with van der Waals surface area (Å²) in [7, 11) is -6.00.